The smallest absolute Gasteiger partial charge is 0.248 e. The average Bonchev–Trinajstić information content (AvgIpc) is 3.62. The molecular weight excluding hydrogens is 558 g/mol. The molecule has 0 radical (unpaired) electrons. The predicted molar refractivity (Wildman–Crippen MR) is 170 cm³/mol. The lowest BCUT2D eigenvalue weighted by Gasteiger charge is -2.26. The van der Waals surface area contributed by atoms with Crippen molar-refractivity contribution in [2.24, 2.45) is 5.73 Å². The lowest BCUT2D eigenvalue weighted by Crippen LogP contribution is -2.11. The van der Waals surface area contributed by atoms with Crippen molar-refractivity contribution < 1.29 is 19.4 Å². The quantitative estimate of drug-likeness (QED) is 0.205. The van der Waals surface area contributed by atoms with Crippen LogP contribution in [0.3, 0.4) is 0 Å². The molecule has 3 heterocycles. The van der Waals surface area contributed by atoms with Gasteiger partial charge in [0.15, 0.2) is 0 Å². The zero-order valence-electron chi connectivity index (χ0n) is 24.2. The molecule has 220 valence electrons. The maximum absolute atomic E-state index is 12.3. The molecule has 3 N–H and O–H groups in total. The molecule has 1 fully saturated rings. The summed E-state index contributed by atoms with van der Waals surface area (Å²) in [5.74, 6) is 1.68. The number of primary amides is 1. The van der Waals surface area contributed by atoms with Crippen LogP contribution in [0.4, 0.5) is 0 Å². The highest BCUT2D eigenvalue weighted by Crippen LogP contribution is 2.51. The van der Waals surface area contributed by atoms with Gasteiger partial charge in [0, 0.05) is 45.6 Å². The van der Waals surface area contributed by atoms with Crippen molar-refractivity contribution in [1.82, 2.24) is 9.55 Å². The molecule has 0 saturated heterocycles. The van der Waals surface area contributed by atoms with E-state index in [0.717, 1.165) is 51.6 Å². The van der Waals surface area contributed by atoms with Crippen molar-refractivity contribution in [2.75, 3.05) is 13.7 Å². The number of nitrogens with zero attached hydrogens (tertiary/aromatic N) is 2. The number of carbonyl (C=O) groups is 1. The third-order valence-corrected chi connectivity index (χ3v) is 9.94. The summed E-state index contributed by atoms with van der Waals surface area (Å²) in [5.41, 5.74) is 13.1. The minimum Gasteiger partial charge on any atom is -0.508 e. The fourth-order valence-electron chi connectivity index (χ4n) is 7.06. The van der Waals surface area contributed by atoms with E-state index in [0.29, 0.717) is 31.1 Å². The van der Waals surface area contributed by atoms with Gasteiger partial charge in [-0.1, -0.05) is 37.5 Å². The van der Waals surface area contributed by atoms with Gasteiger partial charge in [0.05, 0.1) is 19.3 Å². The van der Waals surface area contributed by atoms with E-state index >= 15 is 0 Å². The van der Waals surface area contributed by atoms with Gasteiger partial charge in [-0.2, -0.15) is 0 Å². The zero-order chi connectivity index (χ0) is 29.5. The lowest BCUT2D eigenvalue weighted by atomic mass is 9.80. The summed E-state index contributed by atoms with van der Waals surface area (Å²) in [5, 5.41) is 14.2. The molecule has 8 heteroatoms. The topological polar surface area (TPSA) is 99.6 Å². The molecule has 1 aliphatic heterocycles. The Morgan fingerprint density at radius 1 is 1.14 bits per heavy atom. The van der Waals surface area contributed by atoms with E-state index in [1.165, 1.54) is 35.9 Å². The van der Waals surface area contributed by atoms with Gasteiger partial charge in [-0.25, -0.2) is 4.98 Å². The molecule has 1 saturated carbocycles. The number of carbonyl (C=O) groups excluding carboxylic acids is 1. The van der Waals surface area contributed by atoms with Gasteiger partial charge in [-0.3, -0.25) is 4.79 Å². The Bertz CT molecular complexity index is 1790. The second kappa shape index (κ2) is 11.4. The van der Waals surface area contributed by atoms with Crippen LogP contribution in [0.5, 0.6) is 17.2 Å². The molecule has 2 aliphatic rings. The molecule has 7 nitrogen and oxygen atoms in total. The Balaban J connectivity index is 1.53. The number of amides is 1. The fourth-order valence-corrected chi connectivity index (χ4v) is 7.82. The summed E-state index contributed by atoms with van der Waals surface area (Å²) in [6.45, 7) is 1.14. The molecule has 7 rings (SSSR count). The van der Waals surface area contributed by atoms with Crippen molar-refractivity contribution in [2.45, 2.75) is 56.9 Å². The minimum atomic E-state index is -0.426. The first-order valence-corrected chi connectivity index (χ1v) is 15.9. The molecule has 1 atom stereocenters. The summed E-state index contributed by atoms with van der Waals surface area (Å²) < 4.78 is 14.7. The Hall–Kier alpha value is -4.30. The van der Waals surface area contributed by atoms with Gasteiger partial charge in [-0.05, 0) is 72.2 Å². The number of fused-ring (bicyclic) bond motifs is 5. The number of aromatic hydroxyl groups is 1. The van der Waals surface area contributed by atoms with E-state index in [4.69, 9.17) is 20.2 Å². The van der Waals surface area contributed by atoms with Crippen molar-refractivity contribution in [3.05, 3.63) is 93.4 Å². The van der Waals surface area contributed by atoms with Gasteiger partial charge in [0.1, 0.15) is 28.9 Å². The number of hydrogen-bond donors (Lipinski definition) is 2. The second-order valence-corrected chi connectivity index (χ2v) is 12.5. The zero-order valence-corrected chi connectivity index (χ0v) is 25.0. The maximum Gasteiger partial charge on any atom is 0.248 e. The summed E-state index contributed by atoms with van der Waals surface area (Å²) >= 11 is 1.64. The molecule has 2 aromatic heterocycles. The monoisotopic (exact) mass is 593 g/mol. The first kappa shape index (κ1) is 27.5. The number of methoxy groups -OCH3 is 1. The predicted octanol–water partition coefficient (Wildman–Crippen LogP) is 7.39. The molecule has 0 unspecified atom stereocenters. The molecule has 5 aromatic rings. The van der Waals surface area contributed by atoms with Crippen molar-refractivity contribution in [1.29, 1.82) is 0 Å². The lowest BCUT2D eigenvalue weighted by molar-refractivity contribution is 0.100. The maximum atomic E-state index is 12.3. The van der Waals surface area contributed by atoms with E-state index in [1.807, 2.05) is 41.9 Å². The number of rotatable bonds is 7. The number of phenolic OH excluding ortho intramolecular Hbond substituents is 1. The van der Waals surface area contributed by atoms with Crippen LogP contribution in [0.2, 0.25) is 0 Å². The normalized spacial score (nSPS) is 15.7. The Morgan fingerprint density at radius 2 is 1.95 bits per heavy atom. The average molecular weight is 594 g/mol. The van der Waals surface area contributed by atoms with Gasteiger partial charge < -0.3 is 24.9 Å². The SMILES string of the molecule is COc1cc2c(c([C@H](Cc3ccc(O)cc3)c3nccs3)c1)-c1c(C3CCCCC3)c3ccc(C(N)=O)cc3n1CCO2. The van der Waals surface area contributed by atoms with Crippen LogP contribution in [0.25, 0.3) is 22.2 Å². The Morgan fingerprint density at radius 3 is 2.67 bits per heavy atom. The van der Waals surface area contributed by atoms with Crippen molar-refractivity contribution >= 4 is 28.1 Å². The van der Waals surface area contributed by atoms with Gasteiger partial charge >= 0.3 is 0 Å². The van der Waals surface area contributed by atoms with Crippen LogP contribution in [0.1, 0.15) is 76.0 Å². The number of ether oxygens (including phenoxy) is 2. The molecule has 3 aromatic carbocycles. The van der Waals surface area contributed by atoms with E-state index in [9.17, 15) is 9.90 Å². The van der Waals surface area contributed by atoms with Crippen molar-refractivity contribution in [3.63, 3.8) is 0 Å². The highest BCUT2D eigenvalue weighted by molar-refractivity contribution is 7.09. The second-order valence-electron chi connectivity index (χ2n) is 11.6. The first-order valence-electron chi connectivity index (χ1n) is 15.0. The van der Waals surface area contributed by atoms with E-state index in [1.54, 1.807) is 30.6 Å². The summed E-state index contributed by atoms with van der Waals surface area (Å²) in [7, 11) is 1.69. The fraction of sp³-hybridized carbons (Fsp3) is 0.314. The molecule has 0 bridgehead atoms. The third kappa shape index (κ3) is 5.03. The molecule has 43 heavy (non-hydrogen) atoms. The van der Waals surface area contributed by atoms with Gasteiger partial charge in [-0.15, -0.1) is 11.3 Å². The van der Waals surface area contributed by atoms with Crippen LogP contribution in [-0.4, -0.2) is 34.3 Å². The van der Waals surface area contributed by atoms with Gasteiger partial charge in [0.25, 0.3) is 0 Å². The van der Waals surface area contributed by atoms with Crippen LogP contribution >= 0.6 is 11.3 Å². The Kier molecular flexibility index (Phi) is 7.31. The number of phenols is 1. The molecule has 1 amide bonds. The van der Waals surface area contributed by atoms with Gasteiger partial charge in [0.2, 0.25) is 5.91 Å². The van der Waals surface area contributed by atoms with Crippen LogP contribution in [0, 0.1) is 0 Å². The largest absolute Gasteiger partial charge is 0.508 e. The summed E-state index contributed by atoms with van der Waals surface area (Å²) in [6, 6.07) is 17.5. The standard InChI is InChI=1S/C35H35N3O4S/c1-41-25-19-27(28(35-37-13-16-43-35)17-21-7-10-24(39)11-8-21)32-30(20-25)42-15-14-38-29-18-23(34(36)40)9-12-26(29)31(33(32)38)22-5-3-2-4-6-22/h7-13,16,18-20,22,28,39H,2-6,14-15,17H2,1H3,(H2,36,40)/t28-/m0/s1. The van der Waals surface area contributed by atoms with Crippen LogP contribution in [0.15, 0.2) is 66.2 Å². The molecular formula is C35H35N3O4S. The van der Waals surface area contributed by atoms with E-state index < -0.39 is 5.91 Å². The van der Waals surface area contributed by atoms with E-state index in [2.05, 4.69) is 16.7 Å². The number of aromatic nitrogens is 2. The first-order chi connectivity index (χ1) is 21.0. The third-order valence-electron chi connectivity index (χ3n) is 9.05. The highest BCUT2D eigenvalue weighted by atomic mass is 32.1. The highest BCUT2D eigenvalue weighted by Gasteiger charge is 2.34. The number of thiazole rings is 1. The van der Waals surface area contributed by atoms with E-state index in [-0.39, 0.29) is 11.7 Å². The summed E-state index contributed by atoms with van der Waals surface area (Å²) in [6.07, 6.45) is 8.49. The van der Waals surface area contributed by atoms with Crippen LogP contribution < -0.4 is 15.2 Å². The molecule has 1 aliphatic carbocycles. The number of nitrogens with two attached hydrogens (primary N) is 1. The number of benzene rings is 3. The minimum absolute atomic E-state index is 0.0815. The number of hydrogen-bond acceptors (Lipinski definition) is 6. The Labute approximate surface area is 254 Å². The van der Waals surface area contributed by atoms with Crippen molar-refractivity contribution in [3.8, 4) is 28.5 Å². The molecule has 0 spiro atoms. The summed E-state index contributed by atoms with van der Waals surface area (Å²) in [4.78, 5) is 17.1. The van der Waals surface area contributed by atoms with Crippen LogP contribution in [-0.2, 0) is 13.0 Å².